The van der Waals surface area contributed by atoms with Crippen LogP contribution in [0, 0.1) is 11.8 Å². The van der Waals surface area contributed by atoms with E-state index in [1.165, 1.54) is 45.2 Å². The SMILES string of the molecule is CCC1CCC(NC)C(CN(CC)C(C)CC)C1. The van der Waals surface area contributed by atoms with Gasteiger partial charge in [-0.2, -0.15) is 0 Å². The molecule has 108 valence electrons. The minimum atomic E-state index is 0.731. The summed E-state index contributed by atoms with van der Waals surface area (Å²) in [6, 6.07) is 1.47. The number of nitrogens with zero attached hydrogens (tertiary/aromatic N) is 1. The highest BCUT2D eigenvalue weighted by atomic mass is 15.1. The summed E-state index contributed by atoms with van der Waals surface area (Å²) in [7, 11) is 2.14. The maximum atomic E-state index is 3.56. The Balaban J connectivity index is 2.58. The predicted molar refractivity (Wildman–Crippen MR) is 81.0 cm³/mol. The fourth-order valence-corrected chi connectivity index (χ4v) is 3.49. The van der Waals surface area contributed by atoms with Crippen LogP contribution in [-0.4, -0.2) is 37.1 Å². The van der Waals surface area contributed by atoms with Gasteiger partial charge < -0.3 is 10.2 Å². The molecule has 0 aromatic rings. The van der Waals surface area contributed by atoms with E-state index in [0.29, 0.717) is 0 Å². The number of hydrogen-bond acceptors (Lipinski definition) is 2. The molecule has 4 unspecified atom stereocenters. The molecule has 1 aliphatic rings. The Morgan fingerprint density at radius 2 is 1.94 bits per heavy atom. The van der Waals surface area contributed by atoms with E-state index < -0.39 is 0 Å². The summed E-state index contributed by atoms with van der Waals surface area (Å²) in [5, 5.41) is 3.56. The second-order valence-corrected chi connectivity index (χ2v) is 6.09. The molecule has 0 spiro atoms. The smallest absolute Gasteiger partial charge is 0.0105 e. The first kappa shape index (κ1) is 16.0. The third-order valence-electron chi connectivity index (χ3n) is 5.13. The molecule has 4 atom stereocenters. The molecular formula is C16H34N2. The third kappa shape index (κ3) is 4.24. The largest absolute Gasteiger partial charge is 0.317 e. The summed E-state index contributed by atoms with van der Waals surface area (Å²) >= 11 is 0. The van der Waals surface area contributed by atoms with Gasteiger partial charge in [-0.15, -0.1) is 0 Å². The van der Waals surface area contributed by atoms with Crippen molar-refractivity contribution in [1.29, 1.82) is 0 Å². The summed E-state index contributed by atoms with van der Waals surface area (Å²) < 4.78 is 0. The summed E-state index contributed by atoms with van der Waals surface area (Å²) in [5.74, 6) is 1.82. The van der Waals surface area contributed by atoms with Crippen LogP contribution < -0.4 is 5.32 Å². The molecule has 0 bridgehead atoms. The van der Waals surface area contributed by atoms with Gasteiger partial charge in [0.05, 0.1) is 0 Å². The average molecular weight is 254 g/mol. The Labute approximate surface area is 115 Å². The molecule has 0 aromatic carbocycles. The Hall–Kier alpha value is -0.0800. The van der Waals surface area contributed by atoms with Crippen molar-refractivity contribution >= 4 is 0 Å². The Bertz CT molecular complexity index is 215. The van der Waals surface area contributed by atoms with Gasteiger partial charge >= 0.3 is 0 Å². The fourth-order valence-electron chi connectivity index (χ4n) is 3.49. The monoisotopic (exact) mass is 254 g/mol. The lowest BCUT2D eigenvalue weighted by Gasteiger charge is -2.40. The van der Waals surface area contributed by atoms with Crippen LogP contribution >= 0.6 is 0 Å². The quantitative estimate of drug-likeness (QED) is 0.748. The average Bonchev–Trinajstić information content (AvgIpc) is 2.43. The van der Waals surface area contributed by atoms with Gasteiger partial charge in [0, 0.05) is 18.6 Å². The molecule has 18 heavy (non-hydrogen) atoms. The number of hydrogen-bond donors (Lipinski definition) is 1. The molecule has 1 fully saturated rings. The highest BCUT2D eigenvalue weighted by molar-refractivity contribution is 4.86. The van der Waals surface area contributed by atoms with E-state index in [-0.39, 0.29) is 0 Å². The van der Waals surface area contributed by atoms with Crippen LogP contribution in [0.1, 0.15) is 59.8 Å². The molecule has 2 heteroatoms. The standard InChI is InChI=1S/C16H34N2/c1-6-13(4)18(8-3)12-15-11-14(7-2)9-10-16(15)17-5/h13-17H,6-12H2,1-5H3. The van der Waals surface area contributed by atoms with Crippen LogP contribution in [0.3, 0.4) is 0 Å². The first-order valence-electron chi connectivity index (χ1n) is 8.07. The van der Waals surface area contributed by atoms with Gasteiger partial charge in [0.2, 0.25) is 0 Å². The van der Waals surface area contributed by atoms with Gasteiger partial charge in [0.15, 0.2) is 0 Å². The normalized spacial score (nSPS) is 30.7. The zero-order valence-electron chi connectivity index (χ0n) is 13.2. The lowest BCUT2D eigenvalue weighted by Crippen LogP contribution is -2.46. The van der Waals surface area contributed by atoms with E-state index in [1.807, 2.05) is 0 Å². The fraction of sp³-hybridized carbons (Fsp3) is 1.00. The predicted octanol–water partition coefficient (Wildman–Crippen LogP) is 3.52. The van der Waals surface area contributed by atoms with Crippen molar-refractivity contribution in [2.45, 2.75) is 71.9 Å². The lowest BCUT2D eigenvalue weighted by atomic mass is 9.76. The van der Waals surface area contributed by atoms with Gasteiger partial charge in [0.1, 0.15) is 0 Å². The molecule has 0 saturated heterocycles. The van der Waals surface area contributed by atoms with Gasteiger partial charge in [-0.3, -0.25) is 0 Å². The Morgan fingerprint density at radius 1 is 1.22 bits per heavy atom. The minimum Gasteiger partial charge on any atom is -0.317 e. The van der Waals surface area contributed by atoms with E-state index in [0.717, 1.165) is 23.9 Å². The Morgan fingerprint density at radius 3 is 2.44 bits per heavy atom. The molecule has 1 aliphatic carbocycles. The number of rotatable bonds is 7. The molecule has 0 heterocycles. The van der Waals surface area contributed by atoms with Crippen molar-refractivity contribution in [1.82, 2.24) is 10.2 Å². The summed E-state index contributed by atoms with van der Waals surface area (Å²) in [6.07, 6.45) is 6.85. The van der Waals surface area contributed by atoms with Crippen molar-refractivity contribution in [3.05, 3.63) is 0 Å². The van der Waals surface area contributed by atoms with Crippen molar-refractivity contribution in [2.75, 3.05) is 20.1 Å². The minimum absolute atomic E-state index is 0.731. The second-order valence-electron chi connectivity index (χ2n) is 6.09. The van der Waals surface area contributed by atoms with Crippen LogP contribution in [0.4, 0.5) is 0 Å². The summed E-state index contributed by atoms with van der Waals surface area (Å²) in [6.45, 7) is 11.8. The van der Waals surface area contributed by atoms with Gasteiger partial charge in [0.25, 0.3) is 0 Å². The summed E-state index contributed by atoms with van der Waals surface area (Å²) in [5.41, 5.74) is 0. The highest BCUT2D eigenvalue weighted by Gasteiger charge is 2.30. The highest BCUT2D eigenvalue weighted by Crippen LogP contribution is 2.32. The van der Waals surface area contributed by atoms with E-state index >= 15 is 0 Å². The Kier molecular flexibility index (Phi) is 7.25. The van der Waals surface area contributed by atoms with Crippen molar-refractivity contribution in [3.8, 4) is 0 Å². The molecule has 0 radical (unpaired) electrons. The molecule has 0 amide bonds. The third-order valence-corrected chi connectivity index (χ3v) is 5.13. The zero-order chi connectivity index (χ0) is 13.5. The van der Waals surface area contributed by atoms with Crippen LogP contribution in [0.25, 0.3) is 0 Å². The van der Waals surface area contributed by atoms with E-state index in [2.05, 4.69) is 45.0 Å². The molecule has 0 aromatic heterocycles. The first-order valence-corrected chi connectivity index (χ1v) is 8.07. The lowest BCUT2D eigenvalue weighted by molar-refractivity contribution is 0.119. The van der Waals surface area contributed by atoms with Crippen molar-refractivity contribution in [2.24, 2.45) is 11.8 Å². The van der Waals surface area contributed by atoms with Crippen LogP contribution in [0.2, 0.25) is 0 Å². The molecule has 1 rings (SSSR count). The number of nitrogens with one attached hydrogen (secondary N) is 1. The topological polar surface area (TPSA) is 15.3 Å². The van der Waals surface area contributed by atoms with Crippen LogP contribution in [-0.2, 0) is 0 Å². The molecular weight excluding hydrogens is 220 g/mol. The van der Waals surface area contributed by atoms with Crippen LogP contribution in [0.15, 0.2) is 0 Å². The molecule has 2 nitrogen and oxygen atoms in total. The molecule has 1 N–H and O–H groups in total. The maximum Gasteiger partial charge on any atom is 0.0105 e. The molecule has 1 saturated carbocycles. The van der Waals surface area contributed by atoms with E-state index in [1.54, 1.807) is 0 Å². The maximum absolute atomic E-state index is 3.56. The van der Waals surface area contributed by atoms with E-state index in [4.69, 9.17) is 0 Å². The summed E-state index contributed by atoms with van der Waals surface area (Å²) in [4.78, 5) is 2.67. The van der Waals surface area contributed by atoms with Gasteiger partial charge in [-0.25, -0.2) is 0 Å². The van der Waals surface area contributed by atoms with Gasteiger partial charge in [-0.1, -0.05) is 27.2 Å². The van der Waals surface area contributed by atoms with Crippen molar-refractivity contribution < 1.29 is 0 Å². The molecule has 0 aliphatic heterocycles. The second kappa shape index (κ2) is 8.16. The van der Waals surface area contributed by atoms with Gasteiger partial charge in [-0.05, 0) is 58.0 Å². The van der Waals surface area contributed by atoms with Crippen LogP contribution in [0.5, 0.6) is 0 Å². The zero-order valence-corrected chi connectivity index (χ0v) is 13.2. The first-order chi connectivity index (χ1) is 8.65. The van der Waals surface area contributed by atoms with E-state index in [9.17, 15) is 0 Å². The van der Waals surface area contributed by atoms with Crippen molar-refractivity contribution in [3.63, 3.8) is 0 Å².